The Balaban J connectivity index is 0.864. The topological polar surface area (TPSA) is 129 Å². The van der Waals surface area contributed by atoms with E-state index in [1.54, 1.807) is 0 Å². The first-order valence-electron chi connectivity index (χ1n) is 21.6. The van der Waals surface area contributed by atoms with E-state index in [9.17, 15) is 13.2 Å². The number of benzene rings is 1. The highest BCUT2D eigenvalue weighted by Gasteiger charge is 2.71. The number of hydrogen-bond donors (Lipinski definition) is 2. The molecule has 10 aliphatic rings. The van der Waals surface area contributed by atoms with Gasteiger partial charge in [0, 0.05) is 43.1 Å². The average molecular weight is 858 g/mol. The number of guanidine groups is 1. The molecule has 8 heterocycles. The van der Waals surface area contributed by atoms with Crippen LogP contribution in [-0.4, -0.2) is 80.2 Å². The average Bonchev–Trinajstić information content (AvgIpc) is 3.57. The first-order chi connectivity index (χ1) is 28.1. The van der Waals surface area contributed by atoms with Crippen molar-refractivity contribution in [1.82, 2.24) is 5.32 Å². The normalized spacial score (nSPS) is 46.5. The van der Waals surface area contributed by atoms with Crippen LogP contribution in [0.2, 0.25) is 5.02 Å². The molecule has 13 nitrogen and oxygen atoms in total. The predicted molar refractivity (Wildman–Crippen MR) is 206 cm³/mol. The Hall–Kier alpha value is -1.83. The minimum Gasteiger partial charge on any atom is -0.354 e. The fraction of sp³-hybridized carbons (Fsp3) is 0.833. The van der Waals surface area contributed by atoms with Crippen molar-refractivity contribution >= 4 is 23.2 Å². The highest BCUT2D eigenvalue weighted by molar-refractivity contribution is 6.33. The van der Waals surface area contributed by atoms with Crippen LogP contribution in [0.4, 0.5) is 18.9 Å². The van der Waals surface area contributed by atoms with Crippen molar-refractivity contribution in [1.29, 1.82) is 0 Å². The highest BCUT2D eigenvalue weighted by atomic mass is 35.5. The summed E-state index contributed by atoms with van der Waals surface area (Å²) in [7, 11) is 0. The molecule has 1 aromatic rings. The Morgan fingerprint density at radius 1 is 0.763 bits per heavy atom. The van der Waals surface area contributed by atoms with Crippen LogP contribution in [0.1, 0.15) is 98.5 Å². The van der Waals surface area contributed by atoms with Crippen LogP contribution in [-0.2, 0) is 54.1 Å². The zero-order valence-corrected chi connectivity index (χ0v) is 35.4. The van der Waals surface area contributed by atoms with E-state index in [1.165, 1.54) is 6.07 Å². The minimum absolute atomic E-state index is 0.0223. The lowest BCUT2D eigenvalue weighted by Crippen LogP contribution is -2.70. The number of ether oxygens (including phenoxy) is 6. The van der Waals surface area contributed by atoms with Gasteiger partial charge in [0.1, 0.15) is 0 Å². The summed E-state index contributed by atoms with van der Waals surface area (Å²) in [6.07, 6.45) is 0.256. The molecule has 330 valence electrons. The van der Waals surface area contributed by atoms with Crippen molar-refractivity contribution in [2.75, 3.05) is 31.6 Å². The van der Waals surface area contributed by atoms with Gasteiger partial charge in [-0.05, 0) is 94.2 Å². The van der Waals surface area contributed by atoms with Crippen molar-refractivity contribution in [2.24, 2.45) is 52.3 Å². The monoisotopic (exact) mass is 857 g/mol. The number of hydrogen-bond acceptors (Lipinski definition) is 11. The number of fused-ring (bicyclic) bond motifs is 4. The third-order valence-electron chi connectivity index (χ3n) is 15.1. The first kappa shape index (κ1) is 42.5. The van der Waals surface area contributed by atoms with E-state index in [2.05, 4.69) is 43.3 Å². The second-order valence-corrected chi connectivity index (χ2v) is 19.2. The lowest BCUT2D eigenvalue weighted by molar-refractivity contribution is -0.577. The summed E-state index contributed by atoms with van der Waals surface area (Å²) in [6.45, 7) is 13.3. The molecule has 0 aromatic heterocycles. The molecule has 16 atom stereocenters. The molecule has 59 heavy (non-hydrogen) atoms. The molecule has 10 fully saturated rings. The fourth-order valence-electron chi connectivity index (χ4n) is 11.9. The molecule has 0 amide bonds. The van der Waals surface area contributed by atoms with Gasteiger partial charge in [-0.25, -0.2) is 19.6 Å². The maximum Gasteiger partial charge on any atom is 0.416 e. The molecule has 2 saturated carbocycles. The second kappa shape index (κ2) is 15.8. The van der Waals surface area contributed by atoms with E-state index >= 15 is 0 Å². The van der Waals surface area contributed by atoms with Gasteiger partial charge in [-0.2, -0.15) is 13.2 Å². The number of anilines is 1. The van der Waals surface area contributed by atoms with Gasteiger partial charge in [-0.3, -0.25) is 4.99 Å². The smallest absolute Gasteiger partial charge is 0.354 e. The van der Waals surface area contributed by atoms with Gasteiger partial charge in [0.2, 0.25) is 11.6 Å². The van der Waals surface area contributed by atoms with Crippen molar-refractivity contribution < 1.29 is 61.1 Å². The molecule has 8 saturated heterocycles. The van der Waals surface area contributed by atoms with Gasteiger partial charge in [0.25, 0.3) is 0 Å². The maximum atomic E-state index is 13.7. The van der Waals surface area contributed by atoms with Crippen LogP contribution in [0, 0.1) is 47.3 Å². The Morgan fingerprint density at radius 3 is 1.85 bits per heavy atom. The van der Waals surface area contributed by atoms with Crippen molar-refractivity contribution in [3.05, 3.63) is 28.8 Å². The summed E-state index contributed by atoms with van der Waals surface area (Å²) in [5, 5.41) is 6.29. The molecule has 4 bridgehead atoms. The highest BCUT2D eigenvalue weighted by Crippen LogP contribution is 2.62. The number of rotatable bonds is 9. The number of halogens is 4. The molecule has 8 aliphatic heterocycles. The number of nitrogens with zero attached hydrogens (tertiary/aromatic N) is 1. The minimum atomic E-state index is -4.56. The van der Waals surface area contributed by atoms with Crippen LogP contribution in [0.3, 0.4) is 0 Å². The van der Waals surface area contributed by atoms with E-state index in [0.29, 0.717) is 24.7 Å². The van der Waals surface area contributed by atoms with Crippen molar-refractivity contribution in [3.63, 3.8) is 0 Å². The molecule has 1 aromatic carbocycles. The Bertz CT molecular complexity index is 1750. The van der Waals surface area contributed by atoms with Crippen LogP contribution in [0.25, 0.3) is 0 Å². The molecule has 0 unspecified atom stereocenters. The van der Waals surface area contributed by atoms with Crippen molar-refractivity contribution in [3.8, 4) is 0 Å². The summed E-state index contributed by atoms with van der Waals surface area (Å²) in [5.74, 6) is -0.122. The summed E-state index contributed by atoms with van der Waals surface area (Å²) < 4.78 is 79.9. The molecule has 2 spiro atoms. The molecule has 2 aliphatic carbocycles. The van der Waals surface area contributed by atoms with Crippen LogP contribution >= 0.6 is 11.6 Å². The Morgan fingerprint density at radius 2 is 1.31 bits per heavy atom. The Labute approximate surface area is 348 Å². The fourth-order valence-corrected chi connectivity index (χ4v) is 12.0. The van der Waals surface area contributed by atoms with Gasteiger partial charge in [-0.1, -0.05) is 39.3 Å². The molecule has 17 heteroatoms. The Kier molecular flexibility index (Phi) is 11.3. The SMILES string of the molecule is C[C@H]1[C@@H](OCCN=C(NCCO[C@H]2O[C@@H]3O[C@]4(C)CC[C@H]5[C@H](C)CC[C@@H]([C@H]2C)[C@@]35OO4)Nc2cc(C(F)(F)F)ccc2Cl)O[C@@H]2O[C@]3(C)CC[C@H]4[C@H](C)CC[C@@H]1[C@@]24OO3. The molecule has 0 radical (unpaired) electrons. The maximum absolute atomic E-state index is 13.7. The van der Waals surface area contributed by atoms with Gasteiger partial charge in [0.05, 0.1) is 36.0 Å². The van der Waals surface area contributed by atoms with E-state index in [1.807, 2.05) is 13.8 Å². The first-order valence-corrected chi connectivity index (χ1v) is 22.0. The number of nitrogens with one attached hydrogen (secondary N) is 2. The van der Waals surface area contributed by atoms with Gasteiger partial charge < -0.3 is 39.1 Å². The van der Waals surface area contributed by atoms with Gasteiger partial charge in [-0.15, -0.1) is 0 Å². The lowest BCUT2D eigenvalue weighted by Gasteiger charge is -2.60. The number of aliphatic imine (C=N–C) groups is 1. The van der Waals surface area contributed by atoms with Crippen LogP contribution in [0.15, 0.2) is 23.2 Å². The zero-order valence-electron chi connectivity index (χ0n) is 34.7. The van der Waals surface area contributed by atoms with Crippen LogP contribution < -0.4 is 10.6 Å². The molecule has 11 rings (SSSR count). The molecule has 2 N–H and O–H groups in total. The molecular weight excluding hydrogens is 799 g/mol. The summed E-state index contributed by atoms with van der Waals surface area (Å²) >= 11 is 6.40. The second-order valence-electron chi connectivity index (χ2n) is 18.8. The van der Waals surface area contributed by atoms with E-state index in [0.717, 1.165) is 50.7 Å². The van der Waals surface area contributed by atoms with E-state index in [-0.39, 0.29) is 78.5 Å². The summed E-state index contributed by atoms with van der Waals surface area (Å²) in [4.78, 5) is 29.1. The zero-order chi connectivity index (χ0) is 41.5. The quantitative estimate of drug-likeness (QED) is 0.108. The van der Waals surface area contributed by atoms with Crippen LogP contribution in [0.5, 0.6) is 0 Å². The van der Waals surface area contributed by atoms with Crippen molar-refractivity contribution in [2.45, 2.75) is 147 Å². The van der Waals surface area contributed by atoms with E-state index in [4.69, 9.17) is 59.6 Å². The van der Waals surface area contributed by atoms with E-state index < -0.39 is 59.7 Å². The largest absolute Gasteiger partial charge is 0.416 e. The summed E-state index contributed by atoms with van der Waals surface area (Å²) in [5.41, 5.74) is -2.20. The summed E-state index contributed by atoms with van der Waals surface area (Å²) in [6, 6.07) is 3.11. The van der Waals surface area contributed by atoms with Gasteiger partial charge >= 0.3 is 6.18 Å². The standard InChI is InChI=1S/C42H59ClF3N3O10/c1-22-7-10-29-24(3)33(52-35-40(29)27(22)13-15-38(5,54-35)56-58-40)50-19-17-47-37(49-32-21-26(42(44,45)46)9-12-31(32)43)48-18-20-51-34-25(4)30-11-8-23(2)28-14-16-39(6)55-36(53-34)41(28,30)59-57-39/h9,12,21-25,27-30,33-36H,7-8,10-11,13-20H2,1-6H3,(H2,47,48,49)/t22-,23-,24-,25-,27+,28+,29+,30+,33+,34+,35-,36-,38+,39+,40-,41-/m1/s1. The van der Waals surface area contributed by atoms with Gasteiger partial charge in [0.15, 0.2) is 42.3 Å². The number of alkyl halides is 3. The lowest BCUT2D eigenvalue weighted by atomic mass is 9.58. The third kappa shape index (κ3) is 7.41. The molecular formula is C42H59ClF3N3O10. The third-order valence-corrected chi connectivity index (χ3v) is 15.4. The predicted octanol–water partition coefficient (Wildman–Crippen LogP) is 8.17.